The van der Waals surface area contributed by atoms with Crippen molar-refractivity contribution in [2.45, 2.75) is 17.4 Å². The first-order valence-electron chi connectivity index (χ1n) is 7.26. The summed E-state index contributed by atoms with van der Waals surface area (Å²) in [7, 11) is -2.45. The van der Waals surface area contributed by atoms with Gasteiger partial charge in [-0.3, -0.25) is 4.79 Å². The lowest BCUT2D eigenvalue weighted by Gasteiger charge is -2.19. The van der Waals surface area contributed by atoms with Crippen molar-refractivity contribution in [1.29, 1.82) is 0 Å². The Balaban J connectivity index is 1.94. The summed E-state index contributed by atoms with van der Waals surface area (Å²) in [6, 6.07) is 4.95. The zero-order valence-corrected chi connectivity index (χ0v) is 14.7. The molecule has 0 radical (unpaired) electrons. The molecule has 8 nitrogen and oxygen atoms in total. The van der Waals surface area contributed by atoms with Gasteiger partial charge >= 0.3 is 6.03 Å². The number of nitrogens with zero attached hydrogens (tertiary/aromatic N) is 2. The molecule has 1 heterocycles. The zero-order chi connectivity index (χ0) is 17.9. The molecule has 2 rings (SSSR count). The van der Waals surface area contributed by atoms with Gasteiger partial charge in [0.15, 0.2) is 0 Å². The number of halogens is 1. The predicted molar refractivity (Wildman–Crippen MR) is 89.0 cm³/mol. The van der Waals surface area contributed by atoms with Crippen LogP contribution in [0.15, 0.2) is 29.2 Å². The summed E-state index contributed by atoms with van der Waals surface area (Å²) in [5.41, 5.74) is 5.18. The fourth-order valence-corrected chi connectivity index (χ4v) is 3.68. The van der Waals surface area contributed by atoms with Gasteiger partial charge in [0.1, 0.15) is 0 Å². The fraction of sp³-hybridized carbons (Fsp3) is 0.429. The second kappa shape index (κ2) is 7.37. The lowest BCUT2D eigenvalue weighted by molar-refractivity contribution is -0.121. The number of amides is 3. The highest BCUT2D eigenvalue weighted by atomic mass is 35.5. The number of hydrogen-bond donors (Lipinski definition) is 2. The highest BCUT2D eigenvalue weighted by Gasteiger charge is 2.28. The summed E-state index contributed by atoms with van der Waals surface area (Å²) in [6.07, 6.45) is 0.586. The van der Waals surface area contributed by atoms with E-state index in [2.05, 4.69) is 5.32 Å². The Morgan fingerprint density at radius 1 is 1.38 bits per heavy atom. The minimum absolute atomic E-state index is 0.0583. The fourth-order valence-electron chi connectivity index (χ4n) is 2.43. The molecule has 1 unspecified atom stereocenters. The number of urea groups is 1. The van der Waals surface area contributed by atoms with Crippen LogP contribution in [-0.2, 0) is 14.8 Å². The Hall–Kier alpha value is -1.84. The van der Waals surface area contributed by atoms with Crippen LogP contribution in [0.5, 0.6) is 0 Å². The second-order valence-corrected chi connectivity index (χ2v) is 8.03. The van der Waals surface area contributed by atoms with Crippen molar-refractivity contribution in [1.82, 2.24) is 14.5 Å². The number of nitrogens with two attached hydrogens (primary N) is 1. The highest BCUT2D eigenvalue weighted by Crippen LogP contribution is 2.17. The molecule has 1 aliphatic heterocycles. The summed E-state index contributed by atoms with van der Waals surface area (Å²) < 4.78 is 25.7. The van der Waals surface area contributed by atoms with Gasteiger partial charge in [0.25, 0.3) is 0 Å². The van der Waals surface area contributed by atoms with Crippen LogP contribution < -0.4 is 11.1 Å². The van der Waals surface area contributed by atoms with E-state index in [0.717, 1.165) is 4.31 Å². The van der Waals surface area contributed by atoms with Crippen molar-refractivity contribution >= 4 is 33.6 Å². The number of rotatable bonds is 5. The number of hydrogen-bond acceptors (Lipinski definition) is 4. The molecule has 0 bridgehead atoms. The molecule has 1 atom stereocenters. The molecular formula is C14H19ClN4O4S. The number of carbonyl (C=O) groups is 2. The number of likely N-dealkylation sites (N-methyl/N-ethyl adjacent to an activating group) is 1. The van der Waals surface area contributed by atoms with E-state index in [4.69, 9.17) is 17.3 Å². The van der Waals surface area contributed by atoms with Crippen molar-refractivity contribution in [3.63, 3.8) is 0 Å². The van der Waals surface area contributed by atoms with Gasteiger partial charge in [-0.25, -0.2) is 13.2 Å². The molecule has 3 amide bonds. The van der Waals surface area contributed by atoms with E-state index in [9.17, 15) is 18.0 Å². The maximum Gasteiger partial charge on any atom is 0.314 e. The average Bonchev–Trinajstić information content (AvgIpc) is 2.96. The monoisotopic (exact) mass is 374 g/mol. The van der Waals surface area contributed by atoms with Gasteiger partial charge in [0, 0.05) is 31.2 Å². The van der Waals surface area contributed by atoms with Gasteiger partial charge in [0.05, 0.1) is 11.4 Å². The minimum Gasteiger partial charge on any atom is -0.351 e. The summed E-state index contributed by atoms with van der Waals surface area (Å²) in [5.74, 6) is -0.439. The second-order valence-electron chi connectivity index (χ2n) is 5.55. The van der Waals surface area contributed by atoms with Gasteiger partial charge in [-0.2, -0.15) is 4.31 Å². The summed E-state index contributed by atoms with van der Waals surface area (Å²) in [4.78, 5) is 24.6. The third-order valence-electron chi connectivity index (χ3n) is 3.75. The van der Waals surface area contributed by atoms with Gasteiger partial charge < -0.3 is 16.0 Å². The van der Waals surface area contributed by atoms with Gasteiger partial charge in [-0.1, -0.05) is 11.6 Å². The molecule has 1 aliphatic rings. The summed E-state index contributed by atoms with van der Waals surface area (Å²) >= 11 is 5.75. The number of sulfonamides is 1. The van der Waals surface area contributed by atoms with Gasteiger partial charge in [0.2, 0.25) is 15.9 Å². The van der Waals surface area contributed by atoms with Crippen molar-refractivity contribution in [2.75, 3.05) is 26.7 Å². The predicted octanol–water partition coefficient (Wildman–Crippen LogP) is 0.230. The molecule has 1 fully saturated rings. The first kappa shape index (κ1) is 18.5. The quantitative estimate of drug-likeness (QED) is 0.768. The molecule has 24 heavy (non-hydrogen) atoms. The number of benzene rings is 1. The first-order valence-corrected chi connectivity index (χ1v) is 9.07. The Labute approximate surface area is 145 Å². The molecule has 1 aromatic carbocycles. The van der Waals surface area contributed by atoms with E-state index in [1.54, 1.807) is 0 Å². The molecule has 1 saturated heterocycles. The van der Waals surface area contributed by atoms with E-state index >= 15 is 0 Å². The van der Waals surface area contributed by atoms with Crippen molar-refractivity contribution < 1.29 is 18.0 Å². The SMILES string of the molecule is CN(CC(=O)NC1CCN(C(N)=O)C1)S(=O)(=O)c1ccc(Cl)cc1. The number of likely N-dealkylation sites (tertiary alicyclic amines) is 1. The molecule has 3 N–H and O–H groups in total. The lowest BCUT2D eigenvalue weighted by atomic mass is 10.2. The van der Waals surface area contributed by atoms with Crippen LogP contribution in [-0.4, -0.2) is 62.3 Å². The average molecular weight is 375 g/mol. The van der Waals surface area contributed by atoms with E-state index in [0.29, 0.717) is 24.5 Å². The Kier molecular flexibility index (Phi) is 5.68. The maximum absolute atomic E-state index is 12.4. The lowest BCUT2D eigenvalue weighted by Crippen LogP contribution is -2.44. The van der Waals surface area contributed by atoms with Crippen molar-refractivity contribution in [3.05, 3.63) is 29.3 Å². The molecule has 0 aromatic heterocycles. The first-order chi connectivity index (χ1) is 11.2. The van der Waals surface area contributed by atoms with E-state index in [1.165, 1.54) is 36.2 Å². The van der Waals surface area contributed by atoms with Crippen molar-refractivity contribution in [3.8, 4) is 0 Å². The maximum atomic E-state index is 12.4. The molecule has 0 saturated carbocycles. The summed E-state index contributed by atoms with van der Waals surface area (Å²) in [5, 5.41) is 3.14. The zero-order valence-electron chi connectivity index (χ0n) is 13.1. The van der Waals surface area contributed by atoms with Crippen LogP contribution in [0.25, 0.3) is 0 Å². The number of carbonyl (C=O) groups excluding carboxylic acids is 2. The normalized spacial score (nSPS) is 18.0. The Morgan fingerprint density at radius 3 is 2.54 bits per heavy atom. The van der Waals surface area contributed by atoms with Crippen LogP contribution in [0.3, 0.4) is 0 Å². The highest BCUT2D eigenvalue weighted by molar-refractivity contribution is 7.89. The standard InChI is InChI=1S/C14H19ClN4O4S/c1-18(24(22,23)12-4-2-10(15)3-5-12)9-13(20)17-11-6-7-19(8-11)14(16)21/h2-5,11H,6-9H2,1H3,(H2,16,21)(H,17,20). The van der Waals surface area contributed by atoms with E-state index in [1.807, 2.05) is 0 Å². The number of nitrogens with one attached hydrogen (secondary N) is 1. The van der Waals surface area contributed by atoms with Crippen LogP contribution in [0.4, 0.5) is 4.79 Å². The minimum atomic E-state index is -3.78. The third-order valence-corrected chi connectivity index (χ3v) is 5.82. The van der Waals surface area contributed by atoms with E-state index < -0.39 is 22.0 Å². The topological polar surface area (TPSA) is 113 Å². The molecule has 0 aliphatic carbocycles. The molecule has 0 spiro atoms. The van der Waals surface area contributed by atoms with Gasteiger partial charge in [-0.05, 0) is 30.7 Å². The van der Waals surface area contributed by atoms with Crippen molar-refractivity contribution in [2.24, 2.45) is 5.73 Å². The van der Waals surface area contributed by atoms with Crippen LogP contribution >= 0.6 is 11.6 Å². The Morgan fingerprint density at radius 2 is 2.00 bits per heavy atom. The molecule has 10 heteroatoms. The van der Waals surface area contributed by atoms with Crippen LogP contribution in [0.2, 0.25) is 5.02 Å². The largest absolute Gasteiger partial charge is 0.351 e. The third kappa shape index (κ3) is 4.37. The summed E-state index contributed by atoms with van der Waals surface area (Å²) in [6.45, 7) is 0.478. The van der Waals surface area contributed by atoms with Crippen LogP contribution in [0.1, 0.15) is 6.42 Å². The Bertz CT molecular complexity index is 723. The molecular weight excluding hydrogens is 356 g/mol. The van der Waals surface area contributed by atoms with Gasteiger partial charge in [-0.15, -0.1) is 0 Å². The molecule has 132 valence electrons. The van der Waals surface area contributed by atoms with Crippen LogP contribution in [0, 0.1) is 0 Å². The number of primary amides is 1. The van der Waals surface area contributed by atoms with E-state index in [-0.39, 0.29) is 17.5 Å². The smallest absolute Gasteiger partial charge is 0.314 e. The molecule has 1 aromatic rings.